The van der Waals surface area contributed by atoms with Gasteiger partial charge in [-0.05, 0) is 54.6 Å². The fourth-order valence-electron chi connectivity index (χ4n) is 7.01. The number of aromatic nitrogens is 4. The van der Waals surface area contributed by atoms with Gasteiger partial charge in [-0.2, -0.15) is 4.98 Å². The van der Waals surface area contributed by atoms with Crippen LogP contribution in [0.2, 0.25) is 0 Å². The topological polar surface area (TPSA) is 48.8 Å². The number of furan rings is 1. The van der Waals surface area contributed by atoms with Gasteiger partial charge < -0.3 is 8.98 Å². The fraction of sp³-hybridized carbons (Fsp3) is 0. The molecule has 0 amide bonds. The van der Waals surface area contributed by atoms with Crippen LogP contribution in [0.25, 0.3) is 88.6 Å². The molecular weight excluding hydrogens is 552 g/mol. The number of benzene rings is 6. The second-order valence-corrected chi connectivity index (χ2v) is 11.4. The van der Waals surface area contributed by atoms with E-state index in [0.717, 1.165) is 44.5 Å². The highest BCUT2D eigenvalue weighted by atomic mass is 16.3. The Kier molecular flexibility index (Phi) is 4.93. The second kappa shape index (κ2) is 9.15. The fourth-order valence-corrected chi connectivity index (χ4v) is 7.01. The smallest absolute Gasteiger partial charge is 0.233 e. The van der Waals surface area contributed by atoms with Gasteiger partial charge in [0.1, 0.15) is 5.58 Å². The Bertz CT molecular complexity index is 2660. The highest BCUT2D eigenvalue weighted by Crippen LogP contribution is 2.38. The first-order chi connectivity index (χ1) is 22.3. The number of nitrogens with zero attached hydrogens (tertiary/aromatic N) is 4. The molecule has 0 spiro atoms. The maximum Gasteiger partial charge on any atom is 0.233 e. The van der Waals surface area contributed by atoms with E-state index in [9.17, 15) is 0 Å². The van der Waals surface area contributed by atoms with E-state index in [0.29, 0.717) is 11.5 Å². The summed E-state index contributed by atoms with van der Waals surface area (Å²) in [6.07, 6.45) is 0. The van der Waals surface area contributed by atoms with Crippen LogP contribution in [0.1, 0.15) is 0 Å². The molecule has 5 nitrogen and oxygen atoms in total. The van der Waals surface area contributed by atoms with E-state index in [-0.39, 0.29) is 0 Å². The van der Waals surface area contributed by atoms with Gasteiger partial charge in [-0.25, -0.2) is 4.98 Å². The van der Waals surface area contributed by atoms with Gasteiger partial charge in [0.05, 0.1) is 27.5 Å². The molecule has 0 unspecified atom stereocenters. The van der Waals surface area contributed by atoms with Gasteiger partial charge in [-0.3, -0.25) is 4.57 Å². The van der Waals surface area contributed by atoms with E-state index in [1.54, 1.807) is 0 Å². The zero-order valence-electron chi connectivity index (χ0n) is 24.1. The summed E-state index contributed by atoms with van der Waals surface area (Å²) >= 11 is 0. The Hall–Kier alpha value is -6.20. The number of hydrogen-bond acceptors (Lipinski definition) is 3. The lowest BCUT2D eigenvalue weighted by Crippen LogP contribution is -2.02. The molecule has 45 heavy (non-hydrogen) atoms. The maximum atomic E-state index is 6.39. The van der Waals surface area contributed by atoms with Crippen LogP contribution in [-0.2, 0) is 0 Å². The lowest BCUT2D eigenvalue weighted by atomic mass is 10.1. The van der Waals surface area contributed by atoms with Crippen LogP contribution in [-0.4, -0.2) is 19.1 Å². The molecule has 0 radical (unpaired) electrons. The summed E-state index contributed by atoms with van der Waals surface area (Å²) in [4.78, 5) is 10.3. The third-order valence-electron chi connectivity index (χ3n) is 8.98. The zero-order valence-corrected chi connectivity index (χ0v) is 24.1. The average molecular weight is 577 g/mol. The summed E-state index contributed by atoms with van der Waals surface area (Å²) in [5, 5.41) is 6.76. The first-order valence-electron chi connectivity index (χ1n) is 15.1. The normalized spacial score (nSPS) is 12.0. The third-order valence-corrected chi connectivity index (χ3v) is 8.98. The minimum absolute atomic E-state index is 0.574. The molecule has 4 heterocycles. The Morgan fingerprint density at radius 1 is 0.422 bits per heavy atom. The van der Waals surface area contributed by atoms with Gasteiger partial charge in [0.25, 0.3) is 0 Å². The zero-order chi connectivity index (χ0) is 29.5. The maximum absolute atomic E-state index is 6.39. The molecule has 0 bridgehead atoms. The number of fused-ring (bicyclic) bond motifs is 9. The highest BCUT2D eigenvalue weighted by molar-refractivity contribution is 6.13. The Morgan fingerprint density at radius 2 is 0.889 bits per heavy atom. The van der Waals surface area contributed by atoms with Crippen LogP contribution in [0.4, 0.5) is 0 Å². The molecule has 0 saturated carbocycles. The standard InChI is InChI=1S/C40H24N4O/c1-6-16-32-27(11-1)28-12-2-7-17-33(28)43(32)26-23-21-25(22-24-26)38-41-39(37-31-15-5-10-20-36(31)45-40(37)42-38)44-34-18-8-3-13-29(34)30-14-4-9-19-35(30)44/h1-24H. The molecule has 5 heteroatoms. The van der Waals surface area contributed by atoms with Gasteiger partial charge in [0, 0.05) is 38.2 Å². The summed E-state index contributed by atoms with van der Waals surface area (Å²) in [6.45, 7) is 0. The quantitative estimate of drug-likeness (QED) is 0.210. The van der Waals surface area contributed by atoms with Crippen LogP contribution >= 0.6 is 0 Å². The predicted octanol–water partition coefficient (Wildman–Crippen LogP) is 10.2. The first kappa shape index (κ1) is 24.3. The van der Waals surface area contributed by atoms with Gasteiger partial charge in [-0.1, -0.05) is 91.0 Å². The first-order valence-corrected chi connectivity index (χ1v) is 15.1. The lowest BCUT2D eigenvalue weighted by Gasteiger charge is -2.11. The van der Waals surface area contributed by atoms with Crippen LogP contribution in [0.15, 0.2) is 150 Å². The molecule has 0 aliphatic rings. The van der Waals surface area contributed by atoms with Crippen molar-refractivity contribution in [3.05, 3.63) is 146 Å². The van der Waals surface area contributed by atoms with E-state index < -0.39 is 0 Å². The van der Waals surface area contributed by atoms with Crippen LogP contribution in [0.3, 0.4) is 0 Å². The van der Waals surface area contributed by atoms with E-state index in [1.165, 1.54) is 32.6 Å². The van der Waals surface area contributed by atoms with Crippen molar-refractivity contribution >= 4 is 65.7 Å². The Morgan fingerprint density at radius 3 is 1.44 bits per heavy atom. The molecule has 0 saturated heterocycles. The Labute approximate surface area is 257 Å². The molecule has 0 aliphatic carbocycles. The molecule has 6 aromatic carbocycles. The van der Waals surface area contributed by atoms with Crippen LogP contribution in [0.5, 0.6) is 0 Å². The minimum atomic E-state index is 0.574. The van der Waals surface area contributed by atoms with Crippen molar-refractivity contribution in [3.63, 3.8) is 0 Å². The molecule has 0 aliphatic heterocycles. The van der Waals surface area contributed by atoms with Crippen molar-refractivity contribution in [1.29, 1.82) is 0 Å². The molecule has 210 valence electrons. The number of rotatable bonds is 3. The van der Waals surface area contributed by atoms with Gasteiger partial charge in [0.2, 0.25) is 5.71 Å². The van der Waals surface area contributed by atoms with Crippen molar-refractivity contribution < 1.29 is 4.42 Å². The molecule has 4 aromatic heterocycles. The summed E-state index contributed by atoms with van der Waals surface area (Å²) in [5.74, 6) is 1.43. The number of hydrogen-bond donors (Lipinski definition) is 0. The van der Waals surface area contributed by atoms with Crippen molar-refractivity contribution in [3.8, 4) is 22.9 Å². The third kappa shape index (κ3) is 3.43. The van der Waals surface area contributed by atoms with Crippen molar-refractivity contribution in [2.45, 2.75) is 0 Å². The summed E-state index contributed by atoms with van der Waals surface area (Å²) in [7, 11) is 0. The molecule has 0 N–H and O–H groups in total. The van der Waals surface area contributed by atoms with Gasteiger partial charge >= 0.3 is 0 Å². The lowest BCUT2D eigenvalue weighted by molar-refractivity contribution is 0.653. The summed E-state index contributed by atoms with van der Waals surface area (Å²) < 4.78 is 11.0. The van der Waals surface area contributed by atoms with Gasteiger partial charge in [-0.15, -0.1) is 0 Å². The molecule has 10 rings (SSSR count). The summed E-state index contributed by atoms with van der Waals surface area (Å²) in [5.41, 5.74) is 7.92. The van der Waals surface area contributed by atoms with Gasteiger partial charge in [0.15, 0.2) is 11.6 Å². The molecular formula is C40H24N4O. The Balaban J connectivity index is 1.22. The average Bonchev–Trinajstić information content (AvgIpc) is 3.76. The monoisotopic (exact) mass is 576 g/mol. The number of para-hydroxylation sites is 5. The van der Waals surface area contributed by atoms with E-state index in [1.807, 2.05) is 18.2 Å². The van der Waals surface area contributed by atoms with E-state index in [2.05, 4.69) is 137 Å². The highest BCUT2D eigenvalue weighted by Gasteiger charge is 2.21. The SMILES string of the molecule is c1ccc2c(c1)oc1nc(-c3ccc(-n4c5ccccc5c5ccccc54)cc3)nc(-n3c4ccccc4c4ccccc43)c12. The molecule has 10 aromatic rings. The predicted molar refractivity (Wildman–Crippen MR) is 183 cm³/mol. The van der Waals surface area contributed by atoms with Crippen molar-refractivity contribution in [2.24, 2.45) is 0 Å². The van der Waals surface area contributed by atoms with Crippen molar-refractivity contribution in [1.82, 2.24) is 19.1 Å². The van der Waals surface area contributed by atoms with E-state index in [4.69, 9.17) is 14.4 Å². The molecule has 0 fully saturated rings. The summed E-state index contributed by atoms with van der Waals surface area (Å²) in [6, 6.07) is 50.8. The van der Waals surface area contributed by atoms with Crippen molar-refractivity contribution in [2.75, 3.05) is 0 Å². The second-order valence-electron chi connectivity index (χ2n) is 11.4. The largest absolute Gasteiger partial charge is 0.437 e. The van der Waals surface area contributed by atoms with Crippen LogP contribution in [0, 0.1) is 0 Å². The molecule has 0 atom stereocenters. The minimum Gasteiger partial charge on any atom is -0.437 e. The van der Waals surface area contributed by atoms with Crippen LogP contribution < -0.4 is 0 Å². The van der Waals surface area contributed by atoms with E-state index >= 15 is 0 Å².